The van der Waals surface area contributed by atoms with E-state index in [-0.39, 0.29) is 18.4 Å². The van der Waals surface area contributed by atoms with E-state index in [0.717, 1.165) is 22.9 Å². The number of fused-ring (bicyclic) bond motifs is 1. The normalized spacial score (nSPS) is 13.5. The second-order valence-corrected chi connectivity index (χ2v) is 5.66. The summed E-state index contributed by atoms with van der Waals surface area (Å²) in [4.78, 5) is 23.4. The van der Waals surface area contributed by atoms with Gasteiger partial charge in [-0.15, -0.1) is 0 Å². The number of rotatable bonds is 7. The summed E-state index contributed by atoms with van der Waals surface area (Å²) in [5.41, 5.74) is 0.727. The standard InChI is InChI=1S/C18H22N2O3/c1-3-12(2)17(18(22)23)19-11-16(21)20-15-10-6-8-13-7-4-5-9-14(13)15/h4-10,12,17,19H,3,11H2,1-2H3,(H,20,21)(H,22,23)/t12-,17-/m0/s1. The quantitative estimate of drug-likeness (QED) is 0.734. The third-order valence-corrected chi connectivity index (χ3v) is 4.03. The largest absolute Gasteiger partial charge is 0.480 e. The van der Waals surface area contributed by atoms with Gasteiger partial charge in [-0.2, -0.15) is 0 Å². The van der Waals surface area contributed by atoms with Gasteiger partial charge < -0.3 is 10.4 Å². The van der Waals surface area contributed by atoms with Gasteiger partial charge in [0.1, 0.15) is 6.04 Å². The van der Waals surface area contributed by atoms with Crippen LogP contribution < -0.4 is 10.6 Å². The van der Waals surface area contributed by atoms with Crippen molar-refractivity contribution in [2.45, 2.75) is 26.3 Å². The van der Waals surface area contributed by atoms with Crippen molar-refractivity contribution in [3.05, 3.63) is 42.5 Å². The Labute approximate surface area is 135 Å². The molecule has 0 spiro atoms. The summed E-state index contributed by atoms with van der Waals surface area (Å²) in [6.45, 7) is 3.75. The summed E-state index contributed by atoms with van der Waals surface area (Å²) in [6, 6.07) is 12.8. The first-order valence-electron chi connectivity index (χ1n) is 7.76. The van der Waals surface area contributed by atoms with Gasteiger partial charge >= 0.3 is 5.97 Å². The van der Waals surface area contributed by atoms with Gasteiger partial charge in [0.2, 0.25) is 5.91 Å². The van der Waals surface area contributed by atoms with Crippen molar-refractivity contribution in [1.29, 1.82) is 0 Å². The number of anilines is 1. The maximum atomic E-state index is 12.1. The average molecular weight is 314 g/mol. The third kappa shape index (κ3) is 4.29. The lowest BCUT2D eigenvalue weighted by molar-refractivity contribution is -0.140. The number of carboxylic acids is 1. The van der Waals surface area contributed by atoms with Crippen molar-refractivity contribution in [1.82, 2.24) is 5.32 Å². The Hall–Kier alpha value is -2.40. The van der Waals surface area contributed by atoms with Crippen LogP contribution in [0.5, 0.6) is 0 Å². The van der Waals surface area contributed by atoms with Crippen LogP contribution in [0.25, 0.3) is 10.8 Å². The van der Waals surface area contributed by atoms with Crippen LogP contribution >= 0.6 is 0 Å². The Morgan fingerprint density at radius 3 is 2.52 bits per heavy atom. The van der Waals surface area contributed by atoms with E-state index in [9.17, 15) is 14.7 Å². The number of carboxylic acid groups (broad SMARTS) is 1. The monoisotopic (exact) mass is 314 g/mol. The van der Waals surface area contributed by atoms with E-state index in [1.165, 1.54) is 0 Å². The van der Waals surface area contributed by atoms with E-state index >= 15 is 0 Å². The van der Waals surface area contributed by atoms with Gasteiger partial charge in [0, 0.05) is 11.1 Å². The summed E-state index contributed by atoms with van der Waals surface area (Å²) in [5, 5.41) is 16.9. The molecule has 0 aliphatic heterocycles. The SMILES string of the molecule is CC[C@H](C)[C@H](NCC(=O)Nc1cccc2ccccc12)C(=O)O. The van der Waals surface area contributed by atoms with E-state index < -0.39 is 12.0 Å². The molecule has 0 aromatic heterocycles. The van der Waals surface area contributed by atoms with Crippen LogP contribution in [0.1, 0.15) is 20.3 Å². The molecule has 0 bridgehead atoms. The summed E-state index contributed by atoms with van der Waals surface area (Å²) >= 11 is 0. The molecule has 5 nitrogen and oxygen atoms in total. The molecule has 0 aliphatic rings. The summed E-state index contributed by atoms with van der Waals surface area (Å²) in [5.74, 6) is -1.23. The van der Waals surface area contributed by atoms with Crippen LogP contribution in [0.2, 0.25) is 0 Å². The van der Waals surface area contributed by atoms with Crippen molar-refractivity contribution in [2.75, 3.05) is 11.9 Å². The van der Waals surface area contributed by atoms with E-state index in [1.807, 2.05) is 56.3 Å². The fourth-order valence-corrected chi connectivity index (χ4v) is 2.50. The Bertz CT molecular complexity index is 694. The van der Waals surface area contributed by atoms with Gasteiger partial charge in [0.25, 0.3) is 0 Å². The molecule has 3 N–H and O–H groups in total. The van der Waals surface area contributed by atoms with Crippen LogP contribution in [0.4, 0.5) is 5.69 Å². The van der Waals surface area contributed by atoms with Crippen molar-refractivity contribution < 1.29 is 14.7 Å². The Kier molecular flexibility index (Phi) is 5.71. The highest BCUT2D eigenvalue weighted by atomic mass is 16.4. The molecule has 0 fully saturated rings. The van der Waals surface area contributed by atoms with Crippen molar-refractivity contribution in [3.63, 3.8) is 0 Å². The highest BCUT2D eigenvalue weighted by Crippen LogP contribution is 2.22. The van der Waals surface area contributed by atoms with E-state index in [4.69, 9.17) is 0 Å². The van der Waals surface area contributed by atoms with Crippen molar-refractivity contribution in [3.8, 4) is 0 Å². The Balaban J connectivity index is 2.03. The summed E-state index contributed by atoms with van der Waals surface area (Å²) < 4.78 is 0. The van der Waals surface area contributed by atoms with Gasteiger partial charge in [-0.25, -0.2) is 0 Å². The summed E-state index contributed by atoms with van der Waals surface area (Å²) in [6.07, 6.45) is 0.731. The van der Waals surface area contributed by atoms with E-state index in [0.29, 0.717) is 0 Å². The van der Waals surface area contributed by atoms with Gasteiger partial charge in [0.05, 0.1) is 6.54 Å². The molecule has 1 amide bonds. The highest BCUT2D eigenvalue weighted by molar-refractivity contribution is 6.02. The number of hydrogen-bond donors (Lipinski definition) is 3. The molecule has 0 unspecified atom stereocenters. The molecule has 0 saturated carbocycles. The smallest absolute Gasteiger partial charge is 0.320 e. The number of hydrogen-bond acceptors (Lipinski definition) is 3. The molecule has 0 heterocycles. The number of carbonyl (C=O) groups excluding carboxylic acids is 1. The molecule has 2 rings (SSSR count). The lowest BCUT2D eigenvalue weighted by Gasteiger charge is -2.20. The molecule has 122 valence electrons. The zero-order valence-corrected chi connectivity index (χ0v) is 13.4. The van der Waals surface area contributed by atoms with Crippen LogP contribution in [0, 0.1) is 5.92 Å². The van der Waals surface area contributed by atoms with Crippen LogP contribution in [0.3, 0.4) is 0 Å². The summed E-state index contributed by atoms with van der Waals surface area (Å²) in [7, 11) is 0. The fourth-order valence-electron chi connectivity index (χ4n) is 2.50. The lowest BCUT2D eigenvalue weighted by Crippen LogP contribution is -2.45. The maximum Gasteiger partial charge on any atom is 0.320 e. The van der Waals surface area contributed by atoms with Crippen LogP contribution in [0.15, 0.2) is 42.5 Å². The van der Waals surface area contributed by atoms with E-state index in [1.54, 1.807) is 0 Å². The third-order valence-electron chi connectivity index (χ3n) is 4.03. The van der Waals surface area contributed by atoms with Gasteiger partial charge in [0.15, 0.2) is 0 Å². The second kappa shape index (κ2) is 7.74. The van der Waals surface area contributed by atoms with Crippen LogP contribution in [-0.4, -0.2) is 29.6 Å². The van der Waals surface area contributed by atoms with Gasteiger partial charge in [-0.05, 0) is 17.4 Å². The van der Waals surface area contributed by atoms with Crippen molar-refractivity contribution in [2.24, 2.45) is 5.92 Å². The molecule has 23 heavy (non-hydrogen) atoms. The molecule has 0 radical (unpaired) electrons. The molecular weight excluding hydrogens is 292 g/mol. The minimum Gasteiger partial charge on any atom is -0.480 e. The molecule has 5 heteroatoms. The second-order valence-electron chi connectivity index (χ2n) is 5.66. The topological polar surface area (TPSA) is 78.4 Å². The Morgan fingerprint density at radius 2 is 1.83 bits per heavy atom. The molecule has 2 aromatic carbocycles. The molecule has 0 aliphatic carbocycles. The van der Waals surface area contributed by atoms with Crippen LogP contribution in [-0.2, 0) is 9.59 Å². The molecule has 2 aromatic rings. The zero-order chi connectivity index (χ0) is 16.8. The maximum absolute atomic E-state index is 12.1. The van der Waals surface area contributed by atoms with E-state index in [2.05, 4.69) is 10.6 Å². The minimum absolute atomic E-state index is 0.0372. The number of benzene rings is 2. The molecular formula is C18H22N2O3. The minimum atomic E-state index is -0.933. The molecule has 0 saturated heterocycles. The zero-order valence-electron chi connectivity index (χ0n) is 13.4. The highest BCUT2D eigenvalue weighted by Gasteiger charge is 2.23. The van der Waals surface area contributed by atoms with Gasteiger partial charge in [-0.3, -0.25) is 14.9 Å². The number of nitrogens with one attached hydrogen (secondary N) is 2. The van der Waals surface area contributed by atoms with Gasteiger partial charge in [-0.1, -0.05) is 56.7 Å². The average Bonchev–Trinajstić information content (AvgIpc) is 2.54. The fraction of sp³-hybridized carbons (Fsp3) is 0.333. The lowest BCUT2D eigenvalue weighted by atomic mass is 9.99. The first-order chi connectivity index (χ1) is 11.0. The number of amides is 1. The first-order valence-corrected chi connectivity index (χ1v) is 7.76. The predicted molar refractivity (Wildman–Crippen MR) is 91.5 cm³/mol. The molecule has 2 atom stereocenters. The number of carbonyl (C=O) groups is 2. The predicted octanol–water partition coefficient (Wildman–Crippen LogP) is 2.87. The van der Waals surface area contributed by atoms with Crippen molar-refractivity contribution >= 4 is 28.3 Å². The Morgan fingerprint density at radius 1 is 1.13 bits per heavy atom. The number of aliphatic carboxylic acids is 1. The first kappa shape index (κ1) is 17.0.